The molecule has 0 aliphatic carbocycles. The highest BCUT2D eigenvalue weighted by atomic mass is 32.2. The molecule has 134 valence electrons. The molecule has 1 aliphatic heterocycles. The number of carbonyl (C=O) groups is 1. The van der Waals surface area contributed by atoms with Crippen LogP contribution >= 0.6 is 0 Å². The molecule has 6 heteroatoms. The van der Waals surface area contributed by atoms with Crippen LogP contribution in [-0.2, 0) is 20.4 Å². The van der Waals surface area contributed by atoms with Crippen LogP contribution in [0.3, 0.4) is 0 Å². The van der Waals surface area contributed by atoms with Crippen molar-refractivity contribution < 1.29 is 13.2 Å². The van der Waals surface area contributed by atoms with Crippen molar-refractivity contribution in [3.8, 4) is 0 Å². The van der Waals surface area contributed by atoms with Gasteiger partial charge in [0.1, 0.15) is 0 Å². The van der Waals surface area contributed by atoms with Crippen molar-refractivity contribution in [2.45, 2.75) is 57.1 Å². The summed E-state index contributed by atoms with van der Waals surface area (Å²) in [5, 5.41) is 2.74. The third kappa shape index (κ3) is 4.97. The van der Waals surface area contributed by atoms with Crippen LogP contribution in [0.15, 0.2) is 24.3 Å². The van der Waals surface area contributed by atoms with Gasteiger partial charge in [-0.25, -0.2) is 8.42 Å². The number of hydrogen-bond donors (Lipinski definition) is 1. The zero-order valence-corrected chi connectivity index (χ0v) is 15.6. The minimum atomic E-state index is -3.13. The minimum absolute atomic E-state index is 0.0251. The van der Waals surface area contributed by atoms with Crippen LogP contribution in [0, 0.1) is 0 Å². The molecule has 1 fully saturated rings. The third-order valence-corrected chi connectivity index (χ3v) is 6.75. The summed E-state index contributed by atoms with van der Waals surface area (Å²) in [6.07, 6.45) is 3.32. The highest BCUT2D eigenvalue weighted by molar-refractivity contribution is 7.91. The zero-order valence-electron chi connectivity index (χ0n) is 14.8. The Morgan fingerprint density at radius 1 is 1.33 bits per heavy atom. The van der Waals surface area contributed by atoms with Crippen molar-refractivity contribution in [1.82, 2.24) is 4.90 Å². The highest BCUT2D eigenvalue weighted by Gasteiger charge is 2.22. The average Bonchev–Trinajstić information content (AvgIpc) is 2.53. The summed E-state index contributed by atoms with van der Waals surface area (Å²) in [6, 6.07) is 7.60. The van der Waals surface area contributed by atoms with Gasteiger partial charge in [0.15, 0.2) is 9.84 Å². The van der Waals surface area contributed by atoms with E-state index in [0.717, 1.165) is 30.6 Å². The number of nitrogens with zero attached hydrogens (tertiary/aromatic N) is 1. The summed E-state index contributed by atoms with van der Waals surface area (Å²) in [5.41, 5.74) is 1.52. The molecule has 1 aliphatic rings. The minimum Gasteiger partial charge on any atom is -0.376 e. The molecule has 1 atom stereocenters. The normalized spacial score (nSPS) is 18.7. The number of nitrogens with one attached hydrogen (secondary N) is 1. The smallest absolute Gasteiger partial charge is 0.242 e. The maximum atomic E-state index is 12.4. The number of benzene rings is 1. The largest absolute Gasteiger partial charge is 0.376 e. The molecule has 0 radical (unpaired) electrons. The Kier molecular flexibility index (Phi) is 6.27. The maximum absolute atomic E-state index is 12.4. The Hall–Kier alpha value is -1.56. The van der Waals surface area contributed by atoms with Gasteiger partial charge in [0.2, 0.25) is 5.91 Å². The Morgan fingerprint density at radius 2 is 2.08 bits per heavy atom. The van der Waals surface area contributed by atoms with E-state index in [-0.39, 0.29) is 18.2 Å². The average molecular weight is 353 g/mol. The standard InChI is InChI=1S/C18H28N2O3S/c1-14(2)24(22,23)13-16-8-6-9-17(11-16)19-12-18(21)20-10-5-4-7-15(20)3/h6,8-9,11,14-15,19H,4-5,7,10,12-13H2,1-3H3. The molecule has 1 N–H and O–H groups in total. The van der Waals surface area contributed by atoms with Gasteiger partial charge in [-0.15, -0.1) is 0 Å². The lowest BCUT2D eigenvalue weighted by molar-refractivity contribution is -0.132. The number of piperidine rings is 1. The van der Waals surface area contributed by atoms with E-state index in [0.29, 0.717) is 6.04 Å². The lowest BCUT2D eigenvalue weighted by atomic mass is 10.0. The van der Waals surface area contributed by atoms with Crippen molar-refractivity contribution in [3.05, 3.63) is 29.8 Å². The monoisotopic (exact) mass is 352 g/mol. The van der Waals surface area contributed by atoms with Gasteiger partial charge in [-0.05, 0) is 57.7 Å². The summed E-state index contributed by atoms with van der Waals surface area (Å²) in [7, 11) is -3.13. The predicted molar refractivity (Wildman–Crippen MR) is 97.7 cm³/mol. The maximum Gasteiger partial charge on any atom is 0.242 e. The number of amides is 1. The molecular formula is C18H28N2O3S. The molecule has 24 heavy (non-hydrogen) atoms. The first-order valence-electron chi connectivity index (χ1n) is 8.63. The topological polar surface area (TPSA) is 66.5 Å². The fraction of sp³-hybridized carbons (Fsp3) is 0.611. The van der Waals surface area contributed by atoms with Crippen LogP contribution in [-0.4, -0.2) is 43.6 Å². The van der Waals surface area contributed by atoms with Gasteiger partial charge in [0.25, 0.3) is 0 Å². The van der Waals surface area contributed by atoms with Gasteiger partial charge in [0, 0.05) is 18.3 Å². The number of rotatable bonds is 6. The summed E-state index contributed by atoms with van der Waals surface area (Å²) in [4.78, 5) is 14.3. The predicted octanol–water partition coefficient (Wildman–Crippen LogP) is 2.82. The van der Waals surface area contributed by atoms with E-state index in [2.05, 4.69) is 12.2 Å². The van der Waals surface area contributed by atoms with E-state index < -0.39 is 15.1 Å². The van der Waals surface area contributed by atoms with Crippen LogP contribution in [0.1, 0.15) is 45.6 Å². The molecule has 1 aromatic carbocycles. The number of likely N-dealkylation sites (tertiary alicyclic amines) is 1. The molecule has 1 heterocycles. The molecule has 0 aromatic heterocycles. The van der Waals surface area contributed by atoms with Gasteiger partial charge in [-0.2, -0.15) is 0 Å². The Bertz CT molecular complexity index is 671. The van der Waals surface area contributed by atoms with Gasteiger partial charge in [-0.3, -0.25) is 4.79 Å². The number of hydrogen-bond acceptors (Lipinski definition) is 4. The summed E-state index contributed by atoms with van der Waals surface area (Å²) in [6.45, 7) is 6.54. The number of sulfone groups is 1. The fourth-order valence-electron chi connectivity index (χ4n) is 2.92. The van der Waals surface area contributed by atoms with E-state index in [4.69, 9.17) is 0 Å². The molecular weight excluding hydrogens is 324 g/mol. The van der Waals surface area contributed by atoms with E-state index in [1.807, 2.05) is 23.1 Å². The molecule has 0 bridgehead atoms. The van der Waals surface area contributed by atoms with Crippen molar-refractivity contribution in [1.29, 1.82) is 0 Å². The van der Waals surface area contributed by atoms with E-state index in [1.165, 1.54) is 6.42 Å². The molecule has 0 saturated carbocycles. The van der Waals surface area contributed by atoms with Crippen LogP contribution in [0.2, 0.25) is 0 Å². The van der Waals surface area contributed by atoms with Gasteiger partial charge in [-0.1, -0.05) is 12.1 Å². The molecule has 1 amide bonds. The molecule has 0 spiro atoms. The molecule has 1 aromatic rings. The quantitative estimate of drug-likeness (QED) is 0.855. The summed E-state index contributed by atoms with van der Waals surface area (Å²) < 4.78 is 24.1. The van der Waals surface area contributed by atoms with Crippen LogP contribution in [0.25, 0.3) is 0 Å². The van der Waals surface area contributed by atoms with E-state index in [9.17, 15) is 13.2 Å². The second-order valence-corrected chi connectivity index (χ2v) is 9.40. The second-order valence-electron chi connectivity index (χ2n) is 6.84. The Morgan fingerprint density at radius 3 is 2.75 bits per heavy atom. The second kappa shape index (κ2) is 8.01. The summed E-state index contributed by atoms with van der Waals surface area (Å²) >= 11 is 0. The van der Waals surface area contributed by atoms with Crippen molar-refractivity contribution in [2.75, 3.05) is 18.4 Å². The van der Waals surface area contributed by atoms with Crippen LogP contribution in [0.4, 0.5) is 5.69 Å². The third-order valence-electron chi connectivity index (χ3n) is 4.58. The SMILES string of the molecule is CC1CCCCN1C(=O)CNc1cccc(CS(=O)(=O)C(C)C)c1. The van der Waals surface area contributed by atoms with Gasteiger partial charge < -0.3 is 10.2 Å². The number of carbonyl (C=O) groups excluding carboxylic acids is 1. The van der Waals surface area contributed by atoms with Gasteiger partial charge >= 0.3 is 0 Å². The molecule has 1 unspecified atom stereocenters. The van der Waals surface area contributed by atoms with Gasteiger partial charge in [0.05, 0.1) is 17.5 Å². The van der Waals surface area contributed by atoms with Crippen molar-refractivity contribution in [2.24, 2.45) is 0 Å². The Labute approximate surface area is 145 Å². The Balaban J connectivity index is 1.96. The van der Waals surface area contributed by atoms with Crippen molar-refractivity contribution in [3.63, 3.8) is 0 Å². The first kappa shape index (κ1) is 18.8. The van der Waals surface area contributed by atoms with Crippen LogP contribution < -0.4 is 5.32 Å². The molecule has 1 saturated heterocycles. The molecule has 5 nitrogen and oxygen atoms in total. The first-order chi connectivity index (χ1) is 11.3. The zero-order chi connectivity index (χ0) is 17.7. The van der Waals surface area contributed by atoms with Crippen molar-refractivity contribution >= 4 is 21.4 Å². The number of anilines is 1. The lowest BCUT2D eigenvalue weighted by Crippen LogP contribution is -2.44. The van der Waals surface area contributed by atoms with E-state index >= 15 is 0 Å². The molecule has 2 rings (SSSR count). The van der Waals surface area contributed by atoms with Crippen LogP contribution in [0.5, 0.6) is 0 Å². The highest BCUT2D eigenvalue weighted by Crippen LogP contribution is 2.18. The fourth-order valence-corrected chi connectivity index (χ4v) is 3.90. The summed E-state index contributed by atoms with van der Waals surface area (Å²) in [5.74, 6) is 0.125. The first-order valence-corrected chi connectivity index (χ1v) is 10.3. The van der Waals surface area contributed by atoms with E-state index in [1.54, 1.807) is 19.9 Å². The lowest BCUT2D eigenvalue weighted by Gasteiger charge is -2.33.